The molecule has 1 fully saturated rings. The van der Waals surface area contributed by atoms with Crippen molar-refractivity contribution in [3.63, 3.8) is 0 Å². The summed E-state index contributed by atoms with van der Waals surface area (Å²) < 4.78 is 26.3. The summed E-state index contributed by atoms with van der Waals surface area (Å²) in [6.45, 7) is 1.93. The minimum atomic E-state index is -3.66. The minimum absolute atomic E-state index is 0.191. The highest BCUT2D eigenvalue weighted by Gasteiger charge is 2.37. The molecule has 2 aliphatic rings. The second-order valence-corrected chi connectivity index (χ2v) is 7.33. The summed E-state index contributed by atoms with van der Waals surface area (Å²) in [4.78, 5) is 12.7. The molecule has 5 nitrogen and oxygen atoms in total. The summed E-state index contributed by atoms with van der Waals surface area (Å²) in [6, 6.07) is 7.05. The lowest BCUT2D eigenvalue weighted by atomic mass is 10.00. The number of allylic oxidation sites excluding steroid dienone is 1. The van der Waals surface area contributed by atoms with E-state index in [9.17, 15) is 13.2 Å². The maximum atomic E-state index is 12.6. The first kappa shape index (κ1) is 14.1. The van der Waals surface area contributed by atoms with Gasteiger partial charge in [-0.25, -0.2) is 8.42 Å². The lowest BCUT2D eigenvalue weighted by molar-refractivity contribution is -0.118. The third-order valence-corrected chi connectivity index (χ3v) is 5.75. The van der Waals surface area contributed by atoms with Gasteiger partial charge in [-0.2, -0.15) is 0 Å². The van der Waals surface area contributed by atoms with E-state index in [-0.39, 0.29) is 22.5 Å². The maximum Gasteiger partial charge on any atom is 0.269 e. The third-order valence-electron chi connectivity index (χ3n) is 3.93. The fraction of sp³-hybridized carbons (Fsp3) is 0.400. The molecule has 21 heavy (non-hydrogen) atoms. The van der Waals surface area contributed by atoms with Crippen molar-refractivity contribution in [2.75, 3.05) is 7.05 Å². The zero-order valence-corrected chi connectivity index (χ0v) is 12.9. The quantitative estimate of drug-likeness (QED) is 0.924. The van der Waals surface area contributed by atoms with Gasteiger partial charge in [0, 0.05) is 18.7 Å². The highest BCUT2D eigenvalue weighted by atomic mass is 32.2. The number of fused-ring (bicyclic) bond motifs is 1. The third kappa shape index (κ3) is 2.23. The number of hydrogen-bond donors (Lipinski definition) is 1. The van der Waals surface area contributed by atoms with Crippen LogP contribution >= 0.6 is 0 Å². The van der Waals surface area contributed by atoms with E-state index in [2.05, 4.69) is 5.32 Å². The van der Waals surface area contributed by atoms with Crippen LogP contribution in [0.15, 0.2) is 34.9 Å². The van der Waals surface area contributed by atoms with Crippen LogP contribution in [0, 0.1) is 0 Å². The van der Waals surface area contributed by atoms with Crippen molar-refractivity contribution in [1.29, 1.82) is 0 Å². The predicted molar refractivity (Wildman–Crippen MR) is 79.8 cm³/mol. The highest BCUT2D eigenvalue weighted by molar-refractivity contribution is 7.89. The van der Waals surface area contributed by atoms with Crippen molar-refractivity contribution >= 4 is 21.5 Å². The summed E-state index contributed by atoms with van der Waals surface area (Å²) >= 11 is 0. The number of amides is 1. The summed E-state index contributed by atoms with van der Waals surface area (Å²) in [5.74, 6) is -0.296. The lowest BCUT2D eigenvalue weighted by Crippen LogP contribution is -2.40. The van der Waals surface area contributed by atoms with Gasteiger partial charge >= 0.3 is 0 Å². The Labute approximate surface area is 124 Å². The molecule has 1 aliphatic carbocycles. The number of likely N-dealkylation sites (N-methyl/N-ethyl adjacent to an activating group) is 1. The van der Waals surface area contributed by atoms with Crippen LogP contribution < -0.4 is 5.32 Å². The number of nitrogens with one attached hydrogen (secondary N) is 1. The Hall–Kier alpha value is -1.82. The van der Waals surface area contributed by atoms with Crippen LogP contribution in [0.2, 0.25) is 0 Å². The Kier molecular flexibility index (Phi) is 3.28. The highest BCUT2D eigenvalue weighted by Crippen LogP contribution is 2.37. The summed E-state index contributed by atoms with van der Waals surface area (Å²) in [5.41, 5.74) is 1.67. The van der Waals surface area contributed by atoms with Gasteiger partial charge in [-0.15, -0.1) is 0 Å². The van der Waals surface area contributed by atoms with Gasteiger partial charge < -0.3 is 5.32 Å². The van der Waals surface area contributed by atoms with Crippen molar-refractivity contribution < 1.29 is 13.2 Å². The molecule has 1 aromatic carbocycles. The van der Waals surface area contributed by atoms with Crippen LogP contribution in [0.25, 0.3) is 5.57 Å². The van der Waals surface area contributed by atoms with Crippen molar-refractivity contribution in [2.45, 2.75) is 37.1 Å². The molecule has 3 rings (SSSR count). The number of rotatable bonds is 3. The van der Waals surface area contributed by atoms with Crippen LogP contribution in [0.1, 0.15) is 31.7 Å². The normalized spacial score (nSPS) is 20.2. The minimum Gasteiger partial charge on any atom is -0.348 e. The Morgan fingerprint density at radius 1 is 1.33 bits per heavy atom. The maximum absolute atomic E-state index is 12.6. The molecule has 0 bridgehead atoms. The SMILES string of the molecule is CCC1=C(C(=O)NC2CC2)N(C)S(=O)(=O)c2ccccc21. The molecule has 1 heterocycles. The summed E-state index contributed by atoms with van der Waals surface area (Å²) in [5, 5.41) is 2.88. The second-order valence-electron chi connectivity index (χ2n) is 5.40. The van der Waals surface area contributed by atoms with E-state index in [0.717, 1.165) is 22.7 Å². The Bertz CT molecular complexity index is 733. The molecule has 0 saturated heterocycles. The van der Waals surface area contributed by atoms with E-state index >= 15 is 0 Å². The number of nitrogens with zero attached hydrogens (tertiary/aromatic N) is 1. The number of carbonyl (C=O) groups excluding carboxylic acids is 1. The van der Waals surface area contributed by atoms with Crippen LogP contribution in [0.3, 0.4) is 0 Å². The van der Waals surface area contributed by atoms with Crippen LogP contribution in [-0.2, 0) is 14.8 Å². The first-order chi connectivity index (χ1) is 9.96. The first-order valence-electron chi connectivity index (χ1n) is 7.09. The second kappa shape index (κ2) is 4.87. The molecule has 0 radical (unpaired) electrons. The first-order valence-corrected chi connectivity index (χ1v) is 8.53. The Morgan fingerprint density at radius 2 is 2.00 bits per heavy atom. The van der Waals surface area contributed by atoms with Gasteiger partial charge in [0.2, 0.25) is 0 Å². The predicted octanol–water partition coefficient (Wildman–Crippen LogP) is 1.72. The van der Waals surface area contributed by atoms with Crippen LogP contribution in [-0.4, -0.2) is 31.7 Å². The summed E-state index contributed by atoms with van der Waals surface area (Å²) in [6.07, 6.45) is 2.53. The average molecular weight is 306 g/mol. The van der Waals surface area contributed by atoms with Crippen LogP contribution in [0.4, 0.5) is 0 Å². The molecular formula is C15H18N2O3S. The molecular weight excluding hydrogens is 288 g/mol. The van der Waals surface area contributed by atoms with E-state index in [1.165, 1.54) is 7.05 Å². The fourth-order valence-electron chi connectivity index (χ4n) is 2.65. The molecule has 0 spiro atoms. The topological polar surface area (TPSA) is 66.5 Å². The average Bonchev–Trinajstić information content (AvgIpc) is 3.26. The largest absolute Gasteiger partial charge is 0.348 e. The monoisotopic (exact) mass is 306 g/mol. The molecule has 1 N–H and O–H groups in total. The van der Waals surface area contributed by atoms with Crippen molar-refractivity contribution in [3.05, 3.63) is 35.5 Å². The van der Waals surface area contributed by atoms with E-state index in [0.29, 0.717) is 12.0 Å². The number of sulfonamides is 1. The fourth-order valence-corrected chi connectivity index (χ4v) is 4.09. The van der Waals surface area contributed by atoms with Gasteiger partial charge in [0.25, 0.3) is 15.9 Å². The zero-order chi connectivity index (χ0) is 15.2. The van der Waals surface area contributed by atoms with Gasteiger partial charge in [0.15, 0.2) is 0 Å². The molecule has 0 aromatic heterocycles. The lowest BCUT2D eigenvalue weighted by Gasteiger charge is -2.30. The van der Waals surface area contributed by atoms with Crippen molar-refractivity contribution in [1.82, 2.24) is 9.62 Å². The van der Waals surface area contributed by atoms with E-state index < -0.39 is 10.0 Å². The number of hydrogen-bond acceptors (Lipinski definition) is 3. The summed E-state index contributed by atoms with van der Waals surface area (Å²) in [7, 11) is -2.21. The molecule has 0 unspecified atom stereocenters. The van der Waals surface area contributed by atoms with Gasteiger partial charge in [-0.3, -0.25) is 9.10 Å². The van der Waals surface area contributed by atoms with E-state index in [4.69, 9.17) is 0 Å². The van der Waals surface area contributed by atoms with Gasteiger partial charge in [-0.05, 0) is 30.9 Å². The zero-order valence-electron chi connectivity index (χ0n) is 12.1. The smallest absolute Gasteiger partial charge is 0.269 e. The van der Waals surface area contributed by atoms with Gasteiger partial charge in [0.05, 0.1) is 4.90 Å². The van der Waals surface area contributed by atoms with Gasteiger partial charge in [-0.1, -0.05) is 25.1 Å². The Balaban J connectivity index is 2.18. The standard InChI is InChI=1S/C15H18N2O3S/c1-3-11-12-6-4-5-7-13(12)21(19,20)17(2)14(11)15(18)16-10-8-9-10/h4-7,10H,3,8-9H2,1-2H3,(H,16,18). The van der Waals surface area contributed by atoms with Gasteiger partial charge in [0.1, 0.15) is 5.70 Å². The Morgan fingerprint density at radius 3 is 2.62 bits per heavy atom. The van der Waals surface area contributed by atoms with Crippen molar-refractivity contribution in [3.8, 4) is 0 Å². The van der Waals surface area contributed by atoms with Crippen molar-refractivity contribution in [2.24, 2.45) is 0 Å². The molecule has 1 aliphatic heterocycles. The van der Waals surface area contributed by atoms with E-state index in [1.807, 2.05) is 6.92 Å². The molecule has 6 heteroatoms. The number of carbonyl (C=O) groups is 1. The number of benzene rings is 1. The molecule has 112 valence electrons. The molecule has 1 amide bonds. The van der Waals surface area contributed by atoms with E-state index in [1.54, 1.807) is 24.3 Å². The van der Waals surface area contributed by atoms with Crippen LogP contribution in [0.5, 0.6) is 0 Å². The molecule has 1 saturated carbocycles. The molecule has 0 atom stereocenters. The molecule has 1 aromatic rings.